The average Bonchev–Trinajstić information content (AvgIpc) is 2.86. The lowest BCUT2D eigenvalue weighted by atomic mass is 10.1. The van der Waals surface area contributed by atoms with E-state index in [9.17, 15) is 19.6 Å². The molecule has 37 heavy (non-hydrogen) atoms. The standard InChI is InChI=1S/C27H21Br2N3O5/c1-16-4-3-5-22(10-16)31-24(33)15-37-25-18(12-20(28)13-23(25)29)11-19(14-30)26(34)32-21-8-6-17(7-9-21)27(35)36-2/h3-13H,15H2,1-2H3,(H,31,33)(H,32,34)/b19-11-. The highest BCUT2D eigenvalue weighted by Gasteiger charge is 2.16. The lowest BCUT2D eigenvalue weighted by Crippen LogP contribution is -2.20. The van der Waals surface area contributed by atoms with E-state index >= 15 is 0 Å². The van der Waals surface area contributed by atoms with Gasteiger partial charge in [0, 0.05) is 21.4 Å². The number of rotatable bonds is 8. The maximum Gasteiger partial charge on any atom is 0.337 e. The van der Waals surface area contributed by atoms with Gasteiger partial charge in [-0.05, 0) is 83.0 Å². The molecule has 10 heteroatoms. The largest absolute Gasteiger partial charge is 0.482 e. The molecule has 0 saturated heterocycles. The van der Waals surface area contributed by atoms with Crippen molar-refractivity contribution < 1.29 is 23.9 Å². The molecule has 188 valence electrons. The van der Waals surface area contributed by atoms with Gasteiger partial charge in [-0.15, -0.1) is 0 Å². The van der Waals surface area contributed by atoms with Gasteiger partial charge >= 0.3 is 5.97 Å². The van der Waals surface area contributed by atoms with E-state index in [0.717, 1.165) is 5.56 Å². The number of carbonyl (C=O) groups excluding carboxylic acids is 3. The zero-order valence-corrected chi connectivity index (χ0v) is 23.0. The summed E-state index contributed by atoms with van der Waals surface area (Å²) < 4.78 is 11.6. The molecule has 0 saturated carbocycles. The Bertz CT molecular complexity index is 1410. The summed E-state index contributed by atoms with van der Waals surface area (Å²) in [6.45, 7) is 1.62. The predicted octanol–water partition coefficient (Wildman–Crippen LogP) is 5.87. The molecule has 0 aromatic heterocycles. The molecule has 0 aliphatic carbocycles. The van der Waals surface area contributed by atoms with E-state index in [2.05, 4.69) is 47.2 Å². The van der Waals surface area contributed by atoms with E-state index in [0.29, 0.717) is 31.4 Å². The molecule has 3 aromatic rings. The lowest BCUT2D eigenvalue weighted by Gasteiger charge is -2.13. The van der Waals surface area contributed by atoms with Crippen LogP contribution < -0.4 is 15.4 Å². The van der Waals surface area contributed by atoms with Crippen molar-refractivity contribution in [2.24, 2.45) is 0 Å². The van der Waals surface area contributed by atoms with E-state index < -0.39 is 11.9 Å². The third kappa shape index (κ3) is 7.77. The van der Waals surface area contributed by atoms with Crippen molar-refractivity contribution >= 4 is 67.1 Å². The topological polar surface area (TPSA) is 118 Å². The number of benzene rings is 3. The Morgan fingerprint density at radius 2 is 1.73 bits per heavy atom. The number of ether oxygens (including phenoxy) is 2. The Balaban J connectivity index is 1.78. The summed E-state index contributed by atoms with van der Waals surface area (Å²) in [6, 6.07) is 18.7. The summed E-state index contributed by atoms with van der Waals surface area (Å²) in [7, 11) is 1.27. The molecule has 0 spiro atoms. The molecule has 0 bridgehead atoms. The van der Waals surface area contributed by atoms with Crippen LogP contribution in [0.4, 0.5) is 11.4 Å². The number of nitriles is 1. The van der Waals surface area contributed by atoms with Crippen LogP contribution in [0.25, 0.3) is 6.08 Å². The second-order valence-electron chi connectivity index (χ2n) is 7.71. The highest BCUT2D eigenvalue weighted by atomic mass is 79.9. The summed E-state index contributed by atoms with van der Waals surface area (Å²) in [6.07, 6.45) is 1.36. The lowest BCUT2D eigenvalue weighted by molar-refractivity contribution is -0.118. The fraction of sp³-hybridized carbons (Fsp3) is 0.111. The highest BCUT2D eigenvalue weighted by molar-refractivity contribution is 9.11. The molecule has 0 unspecified atom stereocenters. The number of hydrogen-bond donors (Lipinski definition) is 2. The molecule has 0 atom stereocenters. The Hall–Kier alpha value is -3.94. The van der Waals surface area contributed by atoms with Gasteiger partial charge in [-0.2, -0.15) is 5.26 Å². The molecule has 8 nitrogen and oxygen atoms in total. The Labute approximate surface area is 230 Å². The van der Waals surface area contributed by atoms with Crippen molar-refractivity contribution in [1.82, 2.24) is 0 Å². The van der Waals surface area contributed by atoms with Gasteiger partial charge in [0.1, 0.15) is 17.4 Å². The Kier molecular flexibility index (Phi) is 9.60. The van der Waals surface area contributed by atoms with E-state index in [1.807, 2.05) is 31.2 Å². The fourth-order valence-electron chi connectivity index (χ4n) is 3.21. The van der Waals surface area contributed by atoms with Gasteiger partial charge in [-0.25, -0.2) is 4.79 Å². The smallest absolute Gasteiger partial charge is 0.337 e. The minimum atomic E-state index is -0.660. The number of aryl methyl sites for hydroxylation is 1. The first-order valence-electron chi connectivity index (χ1n) is 10.8. The van der Waals surface area contributed by atoms with Crippen molar-refractivity contribution in [3.8, 4) is 11.8 Å². The minimum Gasteiger partial charge on any atom is -0.482 e. The van der Waals surface area contributed by atoms with Gasteiger partial charge in [-0.3, -0.25) is 9.59 Å². The van der Waals surface area contributed by atoms with Crippen LogP contribution in [0.2, 0.25) is 0 Å². The van der Waals surface area contributed by atoms with E-state index in [4.69, 9.17) is 4.74 Å². The number of nitrogens with one attached hydrogen (secondary N) is 2. The molecule has 0 heterocycles. The number of methoxy groups -OCH3 is 1. The Morgan fingerprint density at radius 1 is 1.00 bits per heavy atom. The van der Waals surface area contributed by atoms with Crippen LogP contribution in [0.1, 0.15) is 21.5 Å². The number of nitrogens with zero attached hydrogens (tertiary/aromatic N) is 1. The predicted molar refractivity (Wildman–Crippen MR) is 147 cm³/mol. The van der Waals surface area contributed by atoms with Crippen LogP contribution in [0, 0.1) is 18.3 Å². The van der Waals surface area contributed by atoms with Gasteiger partial charge < -0.3 is 20.1 Å². The number of anilines is 2. The normalized spacial score (nSPS) is 10.7. The number of amides is 2. The molecular formula is C27H21Br2N3O5. The first-order valence-corrected chi connectivity index (χ1v) is 12.4. The van der Waals surface area contributed by atoms with E-state index in [1.165, 1.54) is 37.5 Å². The zero-order chi connectivity index (χ0) is 26.9. The monoisotopic (exact) mass is 625 g/mol. The molecule has 0 aliphatic rings. The quantitative estimate of drug-likeness (QED) is 0.183. The first-order chi connectivity index (χ1) is 17.7. The number of carbonyl (C=O) groups is 3. The van der Waals surface area contributed by atoms with Crippen LogP contribution >= 0.6 is 31.9 Å². The van der Waals surface area contributed by atoms with Crippen LogP contribution in [0.3, 0.4) is 0 Å². The van der Waals surface area contributed by atoms with Crippen molar-refractivity contribution in [1.29, 1.82) is 5.26 Å². The SMILES string of the molecule is COC(=O)c1ccc(NC(=O)/C(C#N)=C\c2cc(Br)cc(Br)c2OCC(=O)Nc2cccc(C)c2)cc1. The van der Waals surface area contributed by atoms with Gasteiger partial charge in [-0.1, -0.05) is 28.1 Å². The molecule has 2 N–H and O–H groups in total. The fourth-order valence-corrected chi connectivity index (χ4v) is 4.58. The van der Waals surface area contributed by atoms with Gasteiger partial charge in [0.15, 0.2) is 6.61 Å². The molecule has 0 radical (unpaired) electrons. The molecule has 3 rings (SSSR count). The maximum atomic E-state index is 12.8. The average molecular weight is 627 g/mol. The molecule has 2 amide bonds. The van der Waals surface area contributed by atoms with Crippen molar-refractivity contribution in [3.05, 3.63) is 91.9 Å². The minimum absolute atomic E-state index is 0.198. The highest BCUT2D eigenvalue weighted by Crippen LogP contribution is 2.34. The molecule has 0 fully saturated rings. The summed E-state index contributed by atoms with van der Waals surface area (Å²) in [4.78, 5) is 36.8. The zero-order valence-electron chi connectivity index (χ0n) is 19.8. The summed E-state index contributed by atoms with van der Waals surface area (Å²) >= 11 is 6.80. The molecular weight excluding hydrogens is 606 g/mol. The van der Waals surface area contributed by atoms with Crippen LogP contribution in [-0.4, -0.2) is 31.5 Å². The first kappa shape index (κ1) is 27.6. The van der Waals surface area contributed by atoms with Crippen molar-refractivity contribution in [3.63, 3.8) is 0 Å². The summed E-state index contributed by atoms with van der Waals surface area (Å²) in [5.41, 5.74) is 2.56. The number of esters is 1. The van der Waals surface area contributed by atoms with E-state index in [1.54, 1.807) is 18.2 Å². The van der Waals surface area contributed by atoms with Crippen LogP contribution in [-0.2, 0) is 14.3 Å². The number of halogens is 2. The van der Waals surface area contributed by atoms with Gasteiger partial charge in [0.25, 0.3) is 11.8 Å². The maximum absolute atomic E-state index is 12.8. The van der Waals surface area contributed by atoms with Gasteiger partial charge in [0.05, 0.1) is 17.1 Å². The van der Waals surface area contributed by atoms with Crippen molar-refractivity contribution in [2.75, 3.05) is 24.4 Å². The summed E-state index contributed by atoms with van der Waals surface area (Å²) in [5, 5.41) is 15.0. The Morgan fingerprint density at radius 3 is 2.38 bits per heavy atom. The third-order valence-corrected chi connectivity index (χ3v) is 5.96. The van der Waals surface area contributed by atoms with Crippen molar-refractivity contribution in [2.45, 2.75) is 6.92 Å². The third-order valence-electron chi connectivity index (χ3n) is 4.92. The molecule has 0 aliphatic heterocycles. The van der Waals surface area contributed by atoms with Crippen LogP contribution in [0.5, 0.6) is 5.75 Å². The number of hydrogen-bond acceptors (Lipinski definition) is 6. The molecule has 3 aromatic carbocycles. The van der Waals surface area contributed by atoms with E-state index in [-0.39, 0.29) is 23.8 Å². The van der Waals surface area contributed by atoms with Gasteiger partial charge in [0.2, 0.25) is 0 Å². The van der Waals surface area contributed by atoms with Crippen LogP contribution in [0.15, 0.2) is 75.2 Å². The summed E-state index contributed by atoms with van der Waals surface area (Å²) in [5.74, 6) is -1.25. The second-order valence-corrected chi connectivity index (χ2v) is 9.48. The second kappa shape index (κ2) is 12.9.